The predicted molar refractivity (Wildman–Crippen MR) is 129 cm³/mol. The zero-order valence-electron chi connectivity index (χ0n) is 17.0. The Bertz CT molecular complexity index is 1140. The van der Waals surface area contributed by atoms with Gasteiger partial charge < -0.3 is 11.1 Å². The van der Waals surface area contributed by atoms with Crippen molar-refractivity contribution in [2.24, 2.45) is 5.73 Å². The maximum Gasteiger partial charge on any atom is 0.266 e. The van der Waals surface area contributed by atoms with Crippen molar-refractivity contribution in [3.05, 3.63) is 56.6 Å². The number of thiophene rings is 1. The smallest absolute Gasteiger partial charge is 0.266 e. The third-order valence-electron chi connectivity index (χ3n) is 5.27. The van der Waals surface area contributed by atoms with Crippen LogP contribution in [0.4, 0.5) is 9.39 Å². The van der Waals surface area contributed by atoms with Gasteiger partial charge in [-0.15, -0.1) is 11.3 Å². The molecule has 166 valence electrons. The lowest BCUT2D eigenvalue weighted by molar-refractivity contribution is -0.122. The number of fused-ring (bicyclic) bond motifs is 1. The lowest BCUT2D eigenvalue weighted by atomic mass is 9.95. The van der Waals surface area contributed by atoms with Gasteiger partial charge >= 0.3 is 0 Å². The van der Waals surface area contributed by atoms with Crippen LogP contribution in [0.1, 0.15) is 45.6 Å². The van der Waals surface area contributed by atoms with Gasteiger partial charge in [-0.1, -0.05) is 36.1 Å². The van der Waals surface area contributed by atoms with Crippen LogP contribution in [-0.2, 0) is 22.4 Å². The van der Waals surface area contributed by atoms with Crippen molar-refractivity contribution < 1.29 is 18.8 Å². The maximum absolute atomic E-state index is 13.1. The number of hydrogen-bond acceptors (Lipinski definition) is 6. The van der Waals surface area contributed by atoms with Gasteiger partial charge in [0.2, 0.25) is 5.91 Å². The van der Waals surface area contributed by atoms with E-state index in [1.807, 2.05) is 0 Å². The second kappa shape index (κ2) is 9.51. The van der Waals surface area contributed by atoms with Crippen molar-refractivity contribution in [1.29, 1.82) is 0 Å². The van der Waals surface area contributed by atoms with Crippen LogP contribution in [0.15, 0.2) is 29.2 Å². The van der Waals surface area contributed by atoms with Gasteiger partial charge in [0.05, 0.1) is 10.5 Å². The Morgan fingerprint density at radius 2 is 1.94 bits per heavy atom. The molecule has 2 aromatic rings. The monoisotopic (exact) mass is 489 g/mol. The van der Waals surface area contributed by atoms with E-state index in [-0.39, 0.29) is 30.6 Å². The van der Waals surface area contributed by atoms with E-state index in [1.54, 1.807) is 18.2 Å². The molecule has 3 N–H and O–H groups in total. The molecule has 4 rings (SSSR count). The number of hydrogen-bond donors (Lipinski definition) is 2. The maximum atomic E-state index is 13.1. The molecule has 10 heteroatoms. The van der Waals surface area contributed by atoms with Crippen LogP contribution < -0.4 is 11.1 Å². The van der Waals surface area contributed by atoms with Crippen molar-refractivity contribution in [2.45, 2.75) is 32.1 Å². The number of nitrogens with one attached hydrogen (secondary N) is 1. The average Bonchev–Trinajstić information content (AvgIpc) is 3.24. The van der Waals surface area contributed by atoms with Crippen LogP contribution in [-0.4, -0.2) is 33.5 Å². The molecule has 1 aliphatic heterocycles. The van der Waals surface area contributed by atoms with E-state index < -0.39 is 5.91 Å². The minimum Gasteiger partial charge on any atom is -0.365 e. The van der Waals surface area contributed by atoms with Gasteiger partial charge in [0.15, 0.2) is 0 Å². The number of rotatable bonds is 6. The van der Waals surface area contributed by atoms with Crippen molar-refractivity contribution in [2.75, 3.05) is 11.9 Å². The second-order valence-electron chi connectivity index (χ2n) is 7.46. The first-order chi connectivity index (χ1) is 15.3. The van der Waals surface area contributed by atoms with E-state index in [2.05, 4.69) is 5.32 Å². The summed E-state index contributed by atoms with van der Waals surface area (Å²) >= 11 is 7.85. The summed E-state index contributed by atoms with van der Waals surface area (Å²) in [5.41, 5.74) is 7.62. The van der Waals surface area contributed by atoms with Gasteiger partial charge in [-0.05, 0) is 55.0 Å². The standard InChI is InChI=1S/C22H20FN3O3S3/c23-13-7-5-12(6-8-13)11-16-21(29)26(22(30)32-16)10-9-17(27)25-20-18(19(24)28)14-3-1-2-4-15(14)31-20/h5-8,11H,1-4,9-10H2,(H2,24,28)(H,25,27)/b16-11-. The van der Waals surface area contributed by atoms with E-state index >= 15 is 0 Å². The Labute approximate surface area is 198 Å². The molecule has 0 spiro atoms. The highest BCUT2D eigenvalue weighted by molar-refractivity contribution is 8.26. The highest BCUT2D eigenvalue weighted by Crippen LogP contribution is 2.38. The Hall–Kier alpha value is -2.56. The number of amides is 3. The summed E-state index contributed by atoms with van der Waals surface area (Å²) in [7, 11) is 0. The van der Waals surface area contributed by atoms with Gasteiger partial charge in [-0.3, -0.25) is 19.3 Å². The number of nitrogens with zero attached hydrogens (tertiary/aromatic N) is 1. The fourth-order valence-electron chi connectivity index (χ4n) is 3.72. The summed E-state index contributed by atoms with van der Waals surface area (Å²) in [6, 6.07) is 5.79. The first kappa shape index (κ1) is 22.6. The Morgan fingerprint density at radius 1 is 1.22 bits per heavy atom. The molecule has 0 bridgehead atoms. The zero-order chi connectivity index (χ0) is 22.8. The molecule has 2 heterocycles. The van der Waals surface area contributed by atoms with Crippen LogP contribution in [0.2, 0.25) is 0 Å². The highest BCUT2D eigenvalue weighted by Gasteiger charge is 2.32. The molecule has 0 atom stereocenters. The normalized spacial score (nSPS) is 17.0. The lowest BCUT2D eigenvalue weighted by Gasteiger charge is -2.14. The van der Waals surface area contributed by atoms with E-state index in [9.17, 15) is 18.8 Å². The topological polar surface area (TPSA) is 92.5 Å². The second-order valence-corrected chi connectivity index (χ2v) is 10.2. The largest absolute Gasteiger partial charge is 0.365 e. The zero-order valence-corrected chi connectivity index (χ0v) is 19.4. The van der Waals surface area contributed by atoms with E-state index in [0.717, 1.165) is 47.9 Å². The Morgan fingerprint density at radius 3 is 2.66 bits per heavy atom. The molecule has 0 radical (unpaired) electrons. The molecule has 0 saturated carbocycles. The van der Waals surface area contributed by atoms with Crippen molar-refractivity contribution >= 4 is 68.4 Å². The molecule has 0 unspecified atom stereocenters. The Balaban J connectivity index is 1.41. The van der Waals surface area contributed by atoms with Crippen LogP contribution in [0.5, 0.6) is 0 Å². The third-order valence-corrected chi connectivity index (χ3v) is 7.86. The number of carbonyl (C=O) groups is 3. The van der Waals surface area contributed by atoms with Crippen molar-refractivity contribution in [1.82, 2.24) is 4.90 Å². The average molecular weight is 490 g/mol. The van der Waals surface area contributed by atoms with Gasteiger partial charge in [-0.2, -0.15) is 0 Å². The number of carbonyl (C=O) groups excluding carboxylic acids is 3. The lowest BCUT2D eigenvalue weighted by Crippen LogP contribution is -2.31. The number of primary amides is 1. The summed E-state index contributed by atoms with van der Waals surface area (Å²) in [5, 5.41) is 3.28. The molecule has 1 saturated heterocycles. The fourth-order valence-corrected chi connectivity index (χ4v) is 6.34. The third kappa shape index (κ3) is 4.77. The molecule has 2 aliphatic rings. The minimum absolute atomic E-state index is 0.0248. The number of anilines is 1. The Kier molecular flexibility index (Phi) is 6.73. The summed E-state index contributed by atoms with van der Waals surface area (Å²) in [5.74, 6) is -1.50. The molecule has 1 aromatic heterocycles. The van der Waals surface area contributed by atoms with Crippen molar-refractivity contribution in [3.8, 4) is 0 Å². The van der Waals surface area contributed by atoms with Crippen LogP contribution >= 0.6 is 35.3 Å². The molecular weight excluding hydrogens is 469 g/mol. The predicted octanol–water partition coefficient (Wildman–Crippen LogP) is 4.09. The molecule has 1 aromatic carbocycles. The van der Waals surface area contributed by atoms with Crippen LogP contribution in [0, 0.1) is 5.82 Å². The minimum atomic E-state index is -0.539. The van der Waals surface area contributed by atoms with E-state index in [4.69, 9.17) is 18.0 Å². The van der Waals surface area contributed by atoms with Crippen molar-refractivity contribution in [3.63, 3.8) is 0 Å². The SMILES string of the molecule is NC(=O)c1c(NC(=O)CCN2C(=O)/C(=C/c3ccc(F)cc3)SC2=S)sc2c1CCCC2. The van der Waals surface area contributed by atoms with Gasteiger partial charge in [0.1, 0.15) is 15.1 Å². The molecule has 1 fully saturated rings. The molecule has 32 heavy (non-hydrogen) atoms. The first-order valence-corrected chi connectivity index (χ1v) is 12.1. The molecule has 3 amide bonds. The van der Waals surface area contributed by atoms with Gasteiger partial charge in [-0.25, -0.2) is 4.39 Å². The van der Waals surface area contributed by atoms with Crippen LogP contribution in [0.25, 0.3) is 6.08 Å². The number of nitrogens with two attached hydrogens (primary N) is 1. The van der Waals surface area contributed by atoms with Gasteiger partial charge in [0.25, 0.3) is 11.8 Å². The van der Waals surface area contributed by atoms with E-state index in [0.29, 0.717) is 25.4 Å². The number of thioether (sulfide) groups is 1. The van der Waals surface area contributed by atoms with Crippen LogP contribution in [0.3, 0.4) is 0 Å². The summed E-state index contributed by atoms with van der Waals surface area (Å²) < 4.78 is 13.4. The number of benzene rings is 1. The molecule has 6 nitrogen and oxygen atoms in total. The quantitative estimate of drug-likeness (QED) is 0.471. The summed E-state index contributed by atoms with van der Waals surface area (Å²) in [6.45, 7) is 0.119. The van der Waals surface area contributed by atoms with E-state index in [1.165, 1.54) is 28.4 Å². The number of halogens is 1. The summed E-state index contributed by atoms with van der Waals surface area (Å²) in [6.07, 6.45) is 5.39. The number of aryl methyl sites for hydroxylation is 1. The molecule has 1 aliphatic carbocycles. The highest BCUT2D eigenvalue weighted by atomic mass is 32.2. The summed E-state index contributed by atoms with van der Waals surface area (Å²) in [4.78, 5) is 40.2. The number of thiocarbonyl (C=S) groups is 1. The fraction of sp³-hybridized carbons (Fsp3) is 0.273. The first-order valence-electron chi connectivity index (χ1n) is 10.1. The molecular formula is C22H20FN3O3S3. The van der Waals surface area contributed by atoms with Gasteiger partial charge in [0, 0.05) is 17.8 Å².